The molecule has 0 radical (unpaired) electrons. The third kappa shape index (κ3) is 7.18. The van der Waals surface area contributed by atoms with E-state index in [0.717, 1.165) is 12.8 Å². The number of hydrogen-bond acceptors (Lipinski definition) is 5. The lowest BCUT2D eigenvalue weighted by Crippen LogP contribution is -2.42. The fourth-order valence-electron chi connectivity index (χ4n) is 2.76. The van der Waals surface area contributed by atoms with Crippen LogP contribution < -0.4 is 10.1 Å². The number of carbonyl (C=O) groups excluding carboxylic acids is 2. The third-order valence-corrected chi connectivity index (χ3v) is 4.11. The van der Waals surface area contributed by atoms with Gasteiger partial charge in [-0.15, -0.1) is 0 Å². The van der Waals surface area contributed by atoms with E-state index in [9.17, 15) is 9.59 Å². The zero-order valence-electron chi connectivity index (χ0n) is 16.2. The first-order valence-corrected chi connectivity index (χ1v) is 9.14. The molecule has 0 unspecified atom stereocenters. The number of nitrogens with one attached hydrogen (secondary N) is 1. The Kier molecular flexibility index (Phi) is 7.05. The van der Waals surface area contributed by atoms with Crippen LogP contribution in [0, 0.1) is 17.2 Å². The van der Waals surface area contributed by atoms with E-state index in [0.29, 0.717) is 37.1 Å². The topological polar surface area (TPSA) is 91.7 Å². The molecule has 1 aromatic carbocycles. The van der Waals surface area contributed by atoms with Gasteiger partial charge in [-0.1, -0.05) is 6.07 Å². The first-order valence-electron chi connectivity index (χ1n) is 9.14. The van der Waals surface area contributed by atoms with Crippen LogP contribution in [0.1, 0.15) is 40.0 Å². The fraction of sp³-hybridized carbons (Fsp3) is 0.550. The van der Waals surface area contributed by atoms with Gasteiger partial charge in [0.25, 0.3) is 0 Å². The molecule has 7 heteroatoms. The Morgan fingerprint density at radius 3 is 2.63 bits per heavy atom. The van der Waals surface area contributed by atoms with Gasteiger partial charge < -0.3 is 19.7 Å². The molecule has 0 spiro atoms. The first kappa shape index (κ1) is 20.6. The van der Waals surface area contributed by atoms with Crippen LogP contribution in [0.4, 0.5) is 10.5 Å². The fourth-order valence-corrected chi connectivity index (χ4v) is 2.76. The Balaban J connectivity index is 1.78. The number of nitriles is 1. The number of nitrogens with zero attached hydrogens (tertiary/aromatic N) is 2. The molecule has 1 fully saturated rings. The van der Waals surface area contributed by atoms with Gasteiger partial charge in [0.2, 0.25) is 5.91 Å². The van der Waals surface area contributed by atoms with Gasteiger partial charge in [-0.05, 0) is 51.7 Å². The van der Waals surface area contributed by atoms with Gasteiger partial charge in [-0.3, -0.25) is 4.79 Å². The normalized spacial score (nSPS) is 15.0. The molecule has 1 saturated heterocycles. The predicted molar refractivity (Wildman–Crippen MR) is 101 cm³/mol. The molecule has 1 aliphatic rings. The molecule has 1 aliphatic heterocycles. The molecule has 0 atom stereocenters. The maximum absolute atomic E-state index is 12.1. The molecule has 7 nitrogen and oxygen atoms in total. The molecular weight excluding hydrogens is 346 g/mol. The molecule has 1 aromatic rings. The second-order valence-electron chi connectivity index (χ2n) is 7.63. The van der Waals surface area contributed by atoms with Crippen molar-refractivity contribution in [1.29, 1.82) is 5.26 Å². The second kappa shape index (κ2) is 9.26. The summed E-state index contributed by atoms with van der Waals surface area (Å²) in [5.41, 5.74) is 0.123. The van der Waals surface area contributed by atoms with E-state index in [2.05, 4.69) is 5.32 Å². The summed E-state index contributed by atoms with van der Waals surface area (Å²) in [7, 11) is 0. The van der Waals surface area contributed by atoms with Gasteiger partial charge in [-0.25, -0.2) is 4.79 Å². The van der Waals surface area contributed by atoms with Crippen LogP contribution in [0.5, 0.6) is 5.75 Å². The highest BCUT2D eigenvalue weighted by Crippen LogP contribution is 2.23. The van der Waals surface area contributed by atoms with Crippen molar-refractivity contribution >= 4 is 17.7 Å². The summed E-state index contributed by atoms with van der Waals surface area (Å²) in [6, 6.07) is 8.93. The number of amides is 2. The SMILES string of the molecule is CC(C)(C)OC(=O)N1CCC(COc2cccc(NC(=O)CC#N)c2)CC1. The lowest BCUT2D eigenvalue weighted by atomic mass is 9.98. The maximum Gasteiger partial charge on any atom is 0.410 e. The maximum atomic E-state index is 12.1. The monoisotopic (exact) mass is 373 g/mol. The Hall–Kier alpha value is -2.75. The quantitative estimate of drug-likeness (QED) is 0.852. The van der Waals surface area contributed by atoms with Crippen molar-refractivity contribution in [2.75, 3.05) is 25.0 Å². The molecule has 146 valence electrons. The average Bonchev–Trinajstić information content (AvgIpc) is 2.59. The van der Waals surface area contributed by atoms with E-state index in [4.69, 9.17) is 14.7 Å². The van der Waals surface area contributed by atoms with Crippen molar-refractivity contribution in [3.05, 3.63) is 24.3 Å². The number of benzene rings is 1. The van der Waals surface area contributed by atoms with Gasteiger partial charge in [0, 0.05) is 24.8 Å². The highest BCUT2D eigenvalue weighted by atomic mass is 16.6. The first-order chi connectivity index (χ1) is 12.8. The number of ether oxygens (including phenoxy) is 2. The lowest BCUT2D eigenvalue weighted by molar-refractivity contribution is -0.115. The van der Waals surface area contributed by atoms with Crippen molar-refractivity contribution in [2.45, 2.75) is 45.6 Å². The molecule has 2 amide bonds. The molecular formula is C20H27N3O4. The van der Waals surface area contributed by atoms with E-state index >= 15 is 0 Å². The van der Waals surface area contributed by atoms with Crippen molar-refractivity contribution in [2.24, 2.45) is 5.92 Å². The van der Waals surface area contributed by atoms with Gasteiger partial charge in [0.1, 0.15) is 17.8 Å². The van der Waals surface area contributed by atoms with Gasteiger partial charge >= 0.3 is 6.09 Å². The molecule has 27 heavy (non-hydrogen) atoms. The summed E-state index contributed by atoms with van der Waals surface area (Å²) in [5.74, 6) is 0.684. The summed E-state index contributed by atoms with van der Waals surface area (Å²) in [6.45, 7) is 7.46. The Bertz CT molecular complexity index is 698. The number of hydrogen-bond donors (Lipinski definition) is 1. The minimum absolute atomic E-state index is 0.179. The lowest BCUT2D eigenvalue weighted by Gasteiger charge is -2.33. The molecule has 0 aromatic heterocycles. The summed E-state index contributed by atoms with van der Waals surface area (Å²) < 4.78 is 11.3. The zero-order valence-corrected chi connectivity index (χ0v) is 16.2. The van der Waals surface area contributed by atoms with Crippen LogP contribution >= 0.6 is 0 Å². The van der Waals surface area contributed by atoms with E-state index in [1.54, 1.807) is 23.1 Å². The van der Waals surface area contributed by atoms with Crippen molar-refractivity contribution in [1.82, 2.24) is 4.90 Å². The largest absolute Gasteiger partial charge is 0.493 e. The molecule has 0 saturated carbocycles. The minimum Gasteiger partial charge on any atom is -0.493 e. The van der Waals surface area contributed by atoms with Crippen LogP contribution in [0.3, 0.4) is 0 Å². The van der Waals surface area contributed by atoms with Gasteiger partial charge in [0.05, 0.1) is 12.7 Å². The standard InChI is InChI=1S/C20H27N3O4/c1-20(2,3)27-19(25)23-11-8-15(9-12-23)14-26-17-6-4-5-16(13-17)22-18(24)7-10-21/h4-6,13,15H,7-9,11-12,14H2,1-3H3,(H,22,24). The van der Waals surface area contributed by atoms with Crippen LogP contribution in [0.2, 0.25) is 0 Å². The van der Waals surface area contributed by atoms with Crippen molar-refractivity contribution in [3.8, 4) is 11.8 Å². The molecule has 1 N–H and O–H groups in total. The zero-order chi connectivity index (χ0) is 19.9. The van der Waals surface area contributed by atoms with Gasteiger partial charge in [0.15, 0.2) is 0 Å². The highest BCUT2D eigenvalue weighted by Gasteiger charge is 2.27. The predicted octanol–water partition coefficient (Wildman–Crippen LogP) is 3.56. The number of anilines is 1. The summed E-state index contributed by atoms with van der Waals surface area (Å²) in [6.07, 6.45) is 1.28. The summed E-state index contributed by atoms with van der Waals surface area (Å²) >= 11 is 0. The summed E-state index contributed by atoms with van der Waals surface area (Å²) in [4.78, 5) is 25.3. The smallest absolute Gasteiger partial charge is 0.410 e. The molecule has 0 aliphatic carbocycles. The summed E-state index contributed by atoms with van der Waals surface area (Å²) in [5, 5.41) is 11.2. The van der Waals surface area contributed by atoms with E-state index in [-0.39, 0.29) is 18.4 Å². The van der Waals surface area contributed by atoms with Gasteiger partial charge in [-0.2, -0.15) is 5.26 Å². The van der Waals surface area contributed by atoms with E-state index < -0.39 is 5.60 Å². The second-order valence-corrected chi connectivity index (χ2v) is 7.63. The molecule has 2 rings (SSSR count). The highest BCUT2D eigenvalue weighted by molar-refractivity contribution is 5.92. The van der Waals surface area contributed by atoms with E-state index in [1.165, 1.54) is 0 Å². The third-order valence-electron chi connectivity index (χ3n) is 4.11. The van der Waals surface area contributed by atoms with Crippen molar-refractivity contribution < 1.29 is 19.1 Å². The molecule has 1 heterocycles. The minimum atomic E-state index is -0.481. The van der Waals surface area contributed by atoms with Crippen LogP contribution in [-0.2, 0) is 9.53 Å². The number of carbonyl (C=O) groups is 2. The Morgan fingerprint density at radius 1 is 1.30 bits per heavy atom. The van der Waals surface area contributed by atoms with E-state index in [1.807, 2.05) is 32.9 Å². The van der Waals surface area contributed by atoms with Crippen LogP contribution in [0.25, 0.3) is 0 Å². The number of rotatable bonds is 5. The van der Waals surface area contributed by atoms with Crippen LogP contribution in [0.15, 0.2) is 24.3 Å². The average molecular weight is 373 g/mol. The number of likely N-dealkylation sites (tertiary alicyclic amines) is 1. The Labute approximate surface area is 160 Å². The van der Waals surface area contributed by atoms with Crippen molar-refractivity contribution in [3.63, 3.8) is 0 Å². The number of piperidine rings is 1. The van der Waals surface area contributed by atoms with Crippen LogP contribution in [-0.4, -0.2) is 42.2 Å². The molecule has 0 bridgehead atoms. The Morgan fingerprint density at radius 2 is 2.00 bits per heavy atom.